The van der Waals surface area contributed by atoms with Crippen molar-refractivity contribution in [3.63, 3.8) is 0 Å². The Morgan fingerprint density at radius 2 is 1.12 bits per heavy atom. The van der Waals surface area contributed by atoms with Crippen molar-refractivity contribution >= 4 is 0 Å². The van der Waals surface area contributed by atoms with Gasteiger partial charge in [0.05, 0.1) is 5.56 Å². The maximum Gasteiger partial charge on any atom is 0.416 e. The standard InChI is InChI=1S/C22H20F3N/c23-22(24,25)19-13-11-18(12-14-19)21(17-9-5-2-6-10-17)20(15-26)16-7-3-1-4-8-16/h1-14,20-21H,15,26H2. The predicted octanol–water partition coefficient (Wildman–Crippen LogP) is 5.58. The molecule has 0 spiro atoms. The topological polar surface area (TPSA) is 26.0 Å². The van der Waals surface area contributed by atoms with E-state index >= 15 is 0 Å². The van der Waals surface area contributed by atoms with Gasteiger partial charge in [0.15, 0.2) is 0 Å². The first-order chi connectivity index (χ1) is 12.5. The van der Waals surface area contributed by atoms with E-state index in [1.807, 2.05) is 60.7 Å². The van der Waals surface area contributed by atoms with Crippen LogP contribution in [0.4, 0.5) is 13.2 Å². The molecule has 0 saturated carbocycles. The van der Waals surface area contributed by atoms with Gasteiger partial charge in [-0.2, -0.15) is 13.2 Å². The lowest BCUT2D eigenvalue weighted by atomic mass is 9.77. The molecule has 2 N–H and O–H groups in total. The molecule has 0 radical (unpaired) electrons. The minimum absolute atomic E-state index is 0.0321. The van der Waals surface area contributed by atoms with E-state index < -0.39 is 11.7 Å². The zero-order valence-electron chi connectivity index (χ0n) is 14.2. The number of halogens is 3. The van der Waals surface area contributed by atoms with Crippen molar-refractivity contribution in [1.29, 1.82) is 0 Å². The van der Waals surface area contributed by atoms with Crippen LogP contribution in [0.15, 0.2) is 84.9 Å². The van der Waals surface area contributed by atoms with E-state index in [-0.39, 0.29) is 11.8 Å². The fourth-order valence-corrected chi connectivity index (χ4v) is 3.36. The van der Waals surface area contributed by atoms with Gasteiger partial charge < -0.3 is 5.73 Å². The molecule has 2 atom stereocenters. The van der Waals surface area contributed by atoms with E-state index in [1.54, 1.807) is 12.1 Å². The Labute approximate surface area is 151 Å². The van der Waals surface area contributed by atoms with Gasteiger partial charge in [-0.25, -0.2) is 0 Å². The van der Waals surface area contributed by atoms with Crippen molar-refractivity contribution < 1.29 is 13.2 Å². The number of hydrogen-bond acceptors (Lipinski definition) is 1. The summed E-state index contributed by atoms with van der Waals surface area (Å²) in [6.07, 6.45) is -4.34. The van der Waals surface area contributed by atoms with Crippen molar-refractivity contribution in [2.45, 2.75) is 18.0 Å². The molecule has 0 aliphatic heterocycles. The summed E-state index contributed by atoms with van der Waals surface area (Å²) in [5.41, 5.74) is 8.39. The number of hydrogen-bond donors (Lipinski definition) is 1. The fraction of sp³-hybridized carbons (Fsp3) is 0.182. The fourth-order valence-electron chi connectivity index (χ4n) is 3.36. The molecule has 4 heteroatoms. The molecule has 0 saturated heterocycles. The van der Waals surface area contributed by atoms with Gasteiger partial charge in [0.1, 0.15) is 0 Å². The number of alkyl halides is 3. The largest absolute Gasteiger partial charge is 0.416 e. The van der Waals surface area contributed by atoms with Crippen LogP contribution in [0.25, 0.3) is 0 Å². The summed E-state index contributed by atoms with van der Waals surface area (Å²) in [5.74, 6) is -0.152. The van der Waals surface area contributed by atoms with Gasteiger partial charge in [-0.15, -0.1) is 0 Å². The van der Waals surface area contributed by atoms with Crippen LogP contribution in [0.1, 0.15) is 34.1 Å². The molecule has 1 nitrogen and oxygen atoms in total. The van der Waals surface area contributed by atoms with E-state index in [4.69, 9.17) is 5.73 Å². The van der Waals surface area contributed by atoms with Crippen molar-refractivity contribution in [2.24, 2.45) is 5.73 Å². The molecule has 0 aromatic heterocycles. The van der Waals surface area contributed by atoms with Crippen molar-refractivity contribution in [2.75, 3.05) is 6.54 Å². The molecule has 2 unspecified atom stereocenters. The summed E-state index contributed by atoms with van der Waals surface area (Å²) < 4.78 is 38.7. The summed E-state index contributed by atoms with van der Waals surface area (Å²) in [4.78, 5) is 0. The summed E-state index contributed by atoms with van der Waals surface area (Å²) in [5, 5.41) is 0. The first-order valence-corrected chi connectivity index (χ1v) is 8.48. The molecule has 0 aliphatic carbocycles. The molecule has 0 amide bonds. The Morgan fingerprint density at radius 1 is 0.654 bits per heavy atom. The zero-order chi connectivity index (χ0) is 18.6. The third kappa shape index (κ3) is 3.97. The lowest BCUT2D eigenvalue weighted by Gasteiger charge is -2.28. The van der Waals surface area contributed by atoms with Gasteiger partial charge >= 0.3 is 6.18 Å². The quantitative estimate of drug-likeness (QED) is 0.635. The Kier molecular flexibility index (Phi) is 5.43. The SMILES string of the molecule is NCC(c1ccccc1)C(c1ccccc1)c1ccc(C(F)(F)F)cc1. The van der Waals surface area contributed by atoms with E-state index in [0.717, 1.165) is 28.8 Å². The summed E-state index contributed by atoms with van der Waals surface area (Å²) >= 11 is 0. The molecular formula is C22H20F3N. The van der Waals surface area contributed by atoms with Crippen LogP contribution >= 0.6 is 0 Å². The second-order valence-corrected chi connectivity index (χ2v) is 6.26. The summed E-state index contributed by atoms with van der Waals surface area (Å²) in [6.45, 7) is 0.393. The minimum Gasteiger partial charge on any atom is -0.330 e. The molecule has 3 aromatic carbocycles. The number of rotatable bonds is 5. The molecule has 134 valence electrons. The lowest BCUT2D eigenvalue weighted by Crippen LogP contribution is -2.21. The molecule has 0 bridgehead atoms. The van der Waals surface area contributed by atoms with Crippen LogP contribution in [0.5, 0.6) is 0 Å². The van der Waals surface area contributed by atoms with Crippen LogP contribution in [-0.2, 0) is 6.18 Å². The zero-order valence-corrected chi connectivity index (χ0v) is 14.2. The minimum atomic E-state index is -4.34. The van der Waals surface area contributed by atoms with Gasteiger partial charge in [-0.3, -0.25) is 0 Å². The van der Waals surface area contributed by atoms with Crippen molar-refractivity contribution in [3.05, 3.63) is 107 Å². The van der Waals surface area contributed by atoms with Crippen molar-refractivity contribution in [3.8, 4) is 0 Å². The molecule has 3 rings (SSSR count). The third-order valence-corrected chi connectivity index (χ3v) is 4.64. The van der Waals surface area contributed by atoms with E-state index in [0.29, 0.717) is 6.54 Å². The van der Waals surface area contributed by atoms with Gasteiger partial charge in [0.25, 0.3) is 0 Å². The average Bonchev–Trinajstić information content (AvgIpc) is 2.67. The van der Waals surface area contributed by atoms with E-state index in [1.165, 1.54) is 0 Å². The maximum absolute atomic E-state index is 12.9. The molecule has 26 heavy (non-hydrogen) atoms. The highest BCUT2D eigenvalue weighted by Crippen LogP contribution is 2.39. The first kappa shape index (κ1) is 18.2. The van der Waals surface area contributed by atoms with Crippen molar-refractivity contribution in [1.82, 2.24) is 0 Å². The smallest absolute Gasteiger partial charge is 0.330 e. The molecule has 0 fully saturated rings. The highest BCUT2D eigenvalue weighted by molar-refractivity contribution is 5.40. The van der Waals surface area contributed by atoms with Crippen LogP contribution in [0, 0.1) is 0 Å². The normalized spacial score (nSPS) is 14.0. The molecule has 0 heterocycles. The monoisotopic (exact) mass is 355 g/mol. The molecule has 0 aliphatic rings. The van der Waals surface area contributed by atoms with Gasteiger partial charge in [-0.05, 0) is 28.8 Å². The van der Waals surface area contributed by atoms with Crippen LogP contribution in [0.3, 0.4) is 0 Å². The Morgan fingerprint density at radius 3 is 1.58 bits per heavy atom. The average molecular weight is 355 g/mol. The second kappa shape index (κ2) is 7.75. The number of nitrogens with two attached hydrogens (primary N) is 1. The van der Waals surface area contributed by atoms with Crippen LogP contribution < -0.4 is 5.73 Å². The van der Waals surface area contributed by atoms with Crippen LogP contribution in [0.2, 0.25) is 0 Å². The van der Waals surface area contributed by atoms with Gasteiger partial charge in [0, 0.05) is 18.4 Å². The summed E-state index contributed by atoms with van der Waals surface area (Å²) in [7, 11) is 0. The lowest BCUT2D eigenvalue weighted by molar-refractivity contribution is -0.137. The number of benzene rings is 3. The maximum atomic E-state index is 12.9. The predicted molar refractivity (Wildman–Crippen MR) is 98.0 cm³/mol. The Balaban J connectivity index is 2.07. The third-order valence-electron chi connectivity index (χ3n) is 4.64. The first-order valence-electron chi connectivity index (χ1n) is 8.48. The second-order valence-electron chi connectivity index (χ2n) is 6.26. The Bertz CT molecular complexity index is 812. The highest BCUT2D eigenvalue weighted by Gasteiger charge is 2.31. The van der Waals surface area contributed by atoms with Gasteiger partial charge in [-0.1, -0.05) is 72.8 Å². The molecule has 3 aromatic rings. The Hall–Kier alpha value is -2.59. The van der Waals surface area contributed by atoms with Crippen LogP contribution in [-0.4, -0.2) is 6.54 Å². The van der Waals surface area contributed by atoms with Gasteiger partial charge in [0.2, 0.25) is 0 Å². The summed E-state index contributed by atoms with van der Waals surface area (Å²) in [6, 6.07) is 25.1. The van der Waals surface area contributed by atoms with E-state index in [9.17, 15) is 13.2 Å². The van der Waals surface area contributed by atoms with E-state index in [2.05, 4.69) is 0 Å². The molecular weight excluding hydrogens is 335 g/mol. The highest BCUT2D eigenvalue weighted by atomic mass is 19.4.